The molecule has 1 aromatic heterocycles. The van der Waals surface area contributed by atoms with E-state index in [0.717, 1.165) is 25.2 Å². The summed E-state index contributed by atoms with van der Waals surface area (Å²) in [5, 5.41) is 3.69. The minimum Gasteiger partial charge on any atom is -0.363 e. The van der Waals surface area contributed by atoms with Gasteiger partial charge in [0.1, 0.15) is 6.33 Å². The normalized spacial score (nSPS) is 26.1. The summed E-state index contributed by atoms with van der Waals surface area (Å²) in [4.78, 5) is 10.8. The number of anilines is 1. The third-order valence-electron chi connectivity index (χ3n) is 4.13. The van der Waals surface area contributed by atoms with E-state index in [-0.39, 0.29) is 0 Å². The quantitative estimate of drug-likeness (QED) is 0.885. The van der Waals surface area contributed by atoms with Gasteiger partial charge in [0.05, 0.1) is 18.1 Å². The summed E-state index contributed by atoms with van der Waals surface area (Å²) in [7, 11) is 0. The Morgan fingerprint density at radius 1 is 1.39 bits per heavy atom. The van der Waals surface area contributed by atoms with Crippen LogP contribution in [0.5, 0.6) is 0 Å². The van der Waals surface area contributed by atoms with Gasteiger partial charge in [-0.1, -0.05) is 27.2 Å². The summed E-state index contributed by atoms with van der Waals surface area (Å²) in [6, 6.07) is 1.12. The first-order chi connectivity index (χ1) is 8.76. The molecule has 1 aliphatic heterocycles. The maximum absolute atomic E-state index is 4.15. The lowest BCUT2D eigenvalue weighted by Gasteiger charge is -2.43. The first-order valence-corrected chi connectivity index (χ1v) is 7.01. The number of hydrogen-bond acceptors (Lipinski definition) is 4. The van der Waals surface area contributed by atoms with Crippen molar-refractivity contribution in [2.75, 3.05) is 18.0 Å². The monoisotopic (exact) mass is 248 g/mol. The standard InChI is InChI=1S/C14H24N4/c1-4-11(3)14-9-18(12(5-2)8-17-14)13-6-15-10-16-7-13/h6-7,10-12,14,17H,4-5,8-9H2,1-3H3. The summed E-state index contributed by atoms with van der Waals surface area (Å²) in [5.41, 5.74) is 1.15. The zero-order chi connectivity index (χ0) is 13.0. The molecule has 3 atom stereocenters. The lowest BCUT2D eigenvalue weighted by Crippen LogP contribution is -2.58. The minimum atomic E-state index is 0.552. The summed E-state index contributed by atoms with van der Waals surface area (Å²) in [6.45, 7) is 8.94. The van der Waals surface area contributed by atoms with Gasteiger partial charge in [0.2, 0.25) is 0 Å². The number of aromatic nitrogens is 2. The van der Waals surface area contributed by atoms with Gasteiger partial charge in [0, 0.05) is 25.2 Å². The Bertz CT molecular complexity index is 354. The van der Waals surface area contributed by atoms with Crippen molar-refractivity contribution in [2.24, 2.45) is 5.92 Å². The molecule has 0 amide bonds. The van der Waals surface area contributed by atoms with Gasteiger partial charge in [-0.25, -0.2) is 9.97 Å². The van der Waals surface area contributed by atoms with Crippen molar-refractivity contribution in [3.63, 3.8) is 0 Å². The fraction of sp³-hybridized carbons (Fsp3) is 0.714. The van der Waals surface area contributed by atoms with E-state index in [4.69, 9.17) is 0 Å². The number of rotatable bonds is 4. The van der Waals surface area contributed by atoms with Crippen LogP contribution in [0.3, 0.4) is 0 Å². The molecule has 2 heterocycles. The molecule has 1 fully saturated rings. The number of piperazine rings is 1. The van der Waals surface area contributed by atoms with Gasteiger partial charge >= 0.3 is 0 Å². The average molecular weight is 248 g/mol. The first-order valence-electron chi connectivity index (χ1n) is 7.01. The number of nitrogens with one attached hydrogen (secondary N) is 1. The maximum Gasteiger partial charge on any atom is 0.115 e. The first kappa shape index (κ1) is 13.3. The smallest absolute Gasteiger partial charge is 0.115 e. The Morgan fingerprint density at radius 2 is 2.11 bits per heavy atom. The van der Waals surface area contributed by atoms with Crippen LogP contribution >= 0.6 is 0 Å². The Morgan fingerprint density at radius 3 is 2.72 bits per heavy atom. The van der Waals surface area contributed by atoms with Crippen LogP contribution in [-0.2, 0) is 0 Å². The van der Waals surface area contributed by atoms with Gasteiger partial charge in [-0.3, -0.25) is 0 Å². The van der Waals surface area contributed by atoms with E-state index < -0.39 is 0 Å². The second-order valence-electron chi connectivity index (χ2n) is 5.21. The van der Waals surface area contributed by atoms with Crippen LogP contribution in [0.15, 0.2) is 18.7 Å². The molecular weight excluding hydrogens is 224 g/mol. The van der Waals surface area contributed by atoms with E-state index in [1.807, 2.05) is 12.4 Å². The predicted molar refractivity (Wildman–Crippen MR) is 74.7 cm³/mol. The highest BCUT2D eigenvalue weighted by atomic mass is 15.2. The van der Waals surface area contributed by atoms with Crippen LogP contribution in [0.1, 0.15) is 33.6 Å². The summed E-state index contributed by atoms with van der Waals surface area (Å²) in [6.07, 6.45) is 7.81. The zero-order valence-electron chi connectivity index (χ0n) is 11.6. The van der Waals surface area contributed by atoms with Gasteiger partial charge in [-0.15, -0.1) is 0 Å². The molecule has 1 aromatic rings. The molecular formula is C14H24N4. The molecule has 4 nitrogen and oxygen atoms in total. The molecule has 3 unspecified atom stereocenters. The predicted octanol–water partition coefficient (Wildman–Crippen LogP) is 2.08. The molecule has 0 saturated carbocycles. The second-order valence-corrected chi connectivity index (χ2v) is 5.21. The van der Waals surface area contributed by atoms with Crippen LogP contribution in [0.25, 0.3) is 0 Å². The van der Waals surface area contributed by atoms with Gasteiger partial charge in [0.25, 0.3) is 0 Å². The van der Waals surface area contributed by atoms with E-state index in [1.165, 1.54) is 6.42 Å². The third kappa shape index (κ3) is 2.80. The second kappa shape index (κ2) is 6.14. The van der Waals surface area contributed by atoms with Crippen LogP contribution in [0.2, 0.25) is 0 Å². The Kier molecular flexibility index (Phi) is 4.53. The van der Waals surface area contributed by atoms with Crippen LogP contribution in [-0.4, -0.2) is 35.1 Å². The van der Waals surface area contributed by atoms with Crippen LogP contribution < -0.4 is 10.2 Å². The SMILES string of the molecule is CCC(C)C1CN(c2cncnc2)C(CC)CN1. The highest BCUT2D eigenvalue weighted by Gasteiger charge is 2.29. The molecule has 2 rings (SSSR count). The largest absolute Gasteiger partial charge is 0.363 e. The Hall–Kier alpha value is -1.16. The molecule has 0 aromatic carbocycles. The van der Waals surface area contributed by atoms with Crippen molar-refractivity contribution in [2.45, 2.75) is 45.7 Å². The van der Waals surface area contributed by atoms with E-state index in [9.17, 15) is 0 Å². The molecule has 0 aliphatic carbocycles. The van der Waals surface area contributed by atoms with Crippen molar-refractivity contribution in [1.82, 2.24) is 15.3 Å². The number of hydrogen-bond donors (Lipinski definition) is 1. The molecule has 4 heteroatoms. The highest BCUT2D eigenvalue weighted by molar-refractivity contribution is 5.44. The molecule has 1 N–H and O–H groups in total. The molecule has 18 heavy (non-hydrogen) atoms. The molecule has 1 aliphatic rings. The van der Waals surface area contributed by atoms with Crippen molar-refractivity contribution >= 4 is 5.69 Å². The van der Waals surface area contributed by atoms with Crippen molar-refractivity contribution in [1.29, 1.82) is 0 Å². The highest BCUT2D eigenvalue weighted by Crippen LogP contribution is 2.22. The zero-order valence-corrected chi connectivity index (χ0v) is 11.6. The van der Waals surface area contributed by atoms with E-state index in [0.29, 0.717) is 18.0 Å². The van der Waals surface area contributed by atoms with E-state index >= 15 is 0 Å². The Labute approximate surface area is 110 Å². The topological polar surface area (TPSA) is 41.1 Å². The lowest BCUT2D eigenvalue weighted by atomic mass is 9.94. The lowest BCUT2D eigenvalue weighted by molar-refractivity contribution is 0.306. The molecule has 0 radical (unpaired) electrons. The Balaban J connectivity index is 2.13. The van der Waals surface area contributed by atoms with E-state index in [1.54, 1.807) is 6.33 Å². The van der Waals surface area contributed by atoms with Crippen molar-refractivity contribution in [3.05, 3.63) is 18.7 Å². The molecule has 0 bridgehead atoms. The maximum atomic E-state index is 4.15. The van der Waals surface area contributed by atoms with Crippen molar-refractivity contribution in [3.8, 4) is 0 Å². The van der Waals surface area contributed by atoms with Gasteiger partial charge in [-0.05, 0) is 12.3 Å². The summed E-state index contributed by atoms with van der Waals surface area (Å²) >= 11 is 0. The van der Waals surface area contributed by atoms with Gasteiger partial charge in [-0.2, -0.15) is 0 Å². The van der Waals surface area contributed by atoms with Crippen LogP contribution in [0, 0.1) is 5.92 Å². The molecule has 100 valence electrons. The van der Waals surface area contributed by atoms with Crippen LogP contribution in [0.4, 0.5) is 5.69 Å². The summed E-state index contributed by atoms with van der Waals surface area (Å²) in [5.74, 6) is 0.704. The fourth-order valence-corrected chi connectivity index (χ4v) is 2.61. The molecule has 0 spiro atoms. The van der Waals surface area contributed by atoms with Crippen molar-refractivity contribution < 1.29 is 0 Å². The minimum absolute atomic E-state index is 0.552. The van der Waals surface area contributed by atoms with Gasteiger partial charge in [0.15, 0.2) is 0 Å². The fourth-order valence-electron chi connectivity index (χ4n) is 2.61. The third-order valence-corrected chi connectivity index (χ3v) is 4.13. The number of nitrogens with zero attached hydrogens (tertiary/aromatic N) is 3. The summed E-state index contributed by atoms with van der Waals surface area (Å²) < 4.78 is 0. The molecule has 1 saturated heterocycles. The van der Waals surface area contributed by atoms with E-state index in [2.05, 4.69) is 41.0 Å². The average Bonchev–Trinajstić information content (AvgIpc) is 2.46. The van der Waals surface area contributed by atoms with Gasteiger partial charge < -0.3 is 10.2 Å².